The Labute approximate surface area is 97.6 Å². The zero-order valence-corrected chi connectivity index (χ0v) is 10.3. The summed E-state index contributed by atoms with van der Waals surface area (Å²) in [5.74, 6) is 2.79. The van der Waals surface area contributed by atoms with E-state index in [4.69, 9.17) is 10.2 Å². The Morgan fingerprint density at radius 3 is 2.75 bits per heavy atom. The van der Waals surface area contributed by atoms with Crippen LogP contribution in [0.5, 0.6) is 0 Å². The molecule has 16 heavy (non-hydrogen) atoms. The summed E-state index contributed by atoms with van der Waals surface area (Å²) in [6, 6.07) is 4.69. The van der Waals surface area contributed by atoms with Crippen LogP contribution in [-0.4, -0.2) is 17.5 Å². The van der Waals surface area contributed by atoms with E-state index in [0.717, 1.165) is 24.0 Å². The molecule has 0 radical (unpaired) electrons. The van der Waals surface area contributed by atoms with E-state index in [0.29, 0.717) is 12.6 Å². The van der Waals surface area contributed by atoms with Gasteiger partial charge in [-0.2, -0.15) is 0 Å². The molecule has 1 aromatic rings. The highest BCUT2D eigenvalue weighted by molar-refractivity contribution is 5.07. The molecule has 0 bridgehead atoms. The molecule has 1 aliphatic rings. The van der Waals surface area contributed by atoms with E-state index in [2.05, 4.69) is 18.7 Å². The fourth-order valence-electron chi connectivity index (χ4n) is 2.51. The summed E-state index contributed by atoms with van der Waals surface area (Å²) < 4.78 is 5.64. The van der Waals surface area contributed by atoms with Gasteiger partial charge in [0.2, 0.25) is 0 Å². The predicted molar refractivity (Wildman–Crippen MR) is 64.9 cm³/mol. The van der Waals surface area contributed by atoms with Crippen molar-refractivity contribution in [3.05, 3.63) is 23.7 Å². The smallest absolute Gasteiger partial charge is 0.118 e. The molecule has 0 aliphatic carbocycles. The van der Waals surface area contributed by atoms with Gasteiger partial charge in [-0.1, -0.05) is 6.92 Å². The molecular weight excluding hydrogens is 200 g/mol. The van der Waals surface area contributed by atoms with E-state index in [9.17, 15) is 0 Å². The highest BCUT2D eigenvalue weighted by atomic mass is 16.3. The third-order valence-electron chi connectivity index (χ3n) is 3.55. The third-order valence-corrected chi connectivity index (χ3v) is 3.55. The average Bonchev–Trinajstić information content (AvgIpc) is 2.70. The van der Waals surface area contributed by atoms with Gasteiger partial charge in [0.15, 0.2) is 0 Å². The van der Waals surface area contributed by atoms with Crippen LogP contribution in [0.2, 0.25) is 0 Å². The molecule has 1 saturated heterocycles. The van der Waals surface area contributed by atoms with Crippen LogP contribution in [0.1, 0.15) is 38.2 Å². The van der Waals surface area contributed by atoms with Crippen molar-refractivity contribution in [3.8, 4) is 0 Å². The first-order valence-electron chi connectivity index (χ1n) is 6.20. The summed E-state index contributed by atoms with van der Waals surface area (Å²) >= 11 is 0. The second kappa shape index (κ2) is 5.02. The van der Waals surface area contributed by atoms with Crippen molar-refractivity contribution in [2.45, 2.75) is 45.8 Å². The number of hydrogen-bond acceptors (Lipinski definition) is 3. The fourth-order valence-corrected chi connectivity index (χ4v) is 2.51. The van der Waals surface area contributed by atoms with E-state index in [1.807, 2.05) is 12.1 Å². The first kappa shape index (κ1) is 11.7. The quantitative estimate of drug-likeness (QED) is 0.853. The predicted octanol–water partition coefficient (Wildman–Crippen LogP) is 2.36. The minimum Gasteiger partial charge on any atom is -0.463 e. The largest absolute Gasteiger partial charge is 0.463 e. The molecule has 0 amide bonds. The number of hydrogen-bond donors (Lipinski definition) is 1. The van der Waals surface area contributed by atoms with Gasteiger partial charge in [0.25, 0.3) is 0 Å². The molecule has 2 atom stereocenters. The van der Waals surface area contributed by atoms with Crippen LogP contribution >= 0.6 is 0 Å². The van der Waals surface area contributed by atoms with Crippen LogP contribution in [0.3, 0.4) is 0 Å². The monoisotopic (exact) mass is 222 g/mol. The van der Waals surface area contributed by atoms with Crippen molar-refractivity contribution in [1.82, 2.24) is 4.90 Å². The van der Waals surface area contributed by atoms with Crippen molar-refractivity contribution >= 4 is 0 Å². The summed E-state index contributed by atoms with van der Waals surface area (Å²) in [5, 5.41) is 0. The second-order valence-electron chi connectivity index (χ2n) is 5.02. The van der Waals surface area contributed by atoms with Gasteiger partial charge >= 0.3 is 0 Å². The molecule has 1 aliphatic heterocycles. The molecule has 0 saturated carbocycles. The number of likely N-dealkylation sites (tertiary alicyclic amines) is 1. The van der Waals surface area contributed by atoms with Crippen molar-refractivity contribution in [2.75, 3.05) is 6.54 Å². The average molecular weight is 222 g/mol. The standard InChI is InChI=1S/C13H22N2O/c1-10-5-6-15(11(2)7-10)9-13-4-3-12(8-14)16-13/h3-4,10-11H,5-9,14H2,1-2H3. The molecule has 2 unspecified atom stereocenters. The molecule has 3 heteroatoms. The maximum absolute atomic E-state index is 5.64. The molecule has 1 aromatic heterocycles. The van der Waals surface area contributed by atoms with Gasteiger partial charge in [0.05, 0.1) is 13.1 Å². The van der Waals surface area contributed by atoms with E-state index in [1.54, 1.807) is 0 Å². The normalized spacial score (nSPS) is 27.2. The minimum absolute atomic E-state index is 0.493. The molecule has 0 spiro atoms. The van der Waals surface area contributed by atoms with E-state index >= 15 is 0 Å². The Bertz CT molecular complexity index is 334. The Hall–Kier alpha value is -0.800. The lowest BCUT2D eigenvalue weighted by Crippen LogP contribution is -2.39. The summed E-state index contributed by atoms with van der Waals surface area (Å²) in [5.41, 5.74) is 5.53. The molecule has 3 nitrogen and oxygen atoms in total. The maximum atomic E-state index is 5.64. The van der Waals surface area contributed by atoms with Gasteiger partial charge in [-0.05, 0) is 44.4 Å². The molecule has 0 aromatic carbocycles. The lowest BCUT2D eigenvalue weighted by molar-refractivity contribution is 0.113. The van der Waals surface area contributed by atoms with Crippen molar-refractivity contribution in [3.63, 3.8) is 0 Å². The van der Waals surface area contributed by atoms with Gasteiger partial charge in [0.1, 0.15) is 11.5 Å². The summed E-state index contributed by atoms with van der Waals surface area (Å²) in [6.07, 6.45) is 2.60. The topological polar surface area (TPSA) is 42.4 Å². The van der Waals surface area contributed by atoms with Crippen molar-refractivity contribution in [1.29, 1.82) is 0 Å². The Balaban J connectivity index is 1.93. The van der Waals surface area contributed by atoms with Crippen LogP contribution < -0.4 is 5.73 Å². The molecule has 2 rings (SSSR count). The van der Waals surface area contributed by atoms with E-state index in [1.165, 1.54) is 19.4 Å². The van der Waals surface area contributed by atoms with Crippen LogP contribution in [0.15, 0.2) is 16.5 Å². The van der Waals surface area contributed by atoms with Gasteiger partial charge in [-0.3, -0.25) is 4.90 Å². The fraction of sp³-hybridized carbons (Fsp3) is 0.692. The lowest BCUT2D eigenvalue weighted by atomic mass is 9.93. The minimum atomic E-state index is 0.493. The zero-order chi connectivity index (χ0) is 11.5. The Morgan fingerprint density at radius 2 is 2.12 bits per heavy atom. The zero-order valence-electron chi connectivity index (χ0n) is 10.3. The number of rotatable bonds is 3. The molecule has 2 heterocycles. The third kappa shape index (κ3) is 2.66. The summed E-state index contributed by atoms with van der Waals surface area (Å²) in [6.45, 7) is 7.25. The van der Waals surface area contributed by atoms with Crippen molar-refractivity contribution in [2.24, 2.45) is 11.7 Å². The number of nitrogens with two attached hydrogens (primary N) is 1. The van der Waals surface area contributed by atoms with E-state index < -0.39 is 0 Å². The van der Waals surface area contributed by atoms with Gasteiger partial charge in [-0.25, -0.2) is 0 Å². The van der Waals surface area contributed by atoms with Crippen LogP contribution in [0, 0.1) is 5.92 Å². The van der Waals surface area contributed by atoms with Crippen LogP contribution in [0.25, 0.3) is 0 Å². The van der Waals surface area contributed by atoms with Crippen LogP contribution in [-0.2, 0) is 13.1 Å². The molecule has 1 fully saturated rings. The van der Waals surface area contributed by atoms with Crippen molar-refractivity contribution < 1.29 is 4.42 Å². The van der Waals surface area contributed by atoms with Gasteiger partial charge < -0.3 is 10.2 Å². The first-order valence-corrected chi connectivity index (χ1v) is 6.20. The Kier molecular flexibility index (Phi) is 3.66. The molecular formula is C13H22N2O. The Morgan fingerprint density at radius 1 is 1.38 bits per heavy atom. The SMILES string of the molecule is CC1CCN(Cc2ccc(CN)o2)C(C)C1. The number of furan rings is 1. The second-order valence-corrected chi connectivity index (χ2v) is 5.02. The van der Waals surface area contributed by atoms with E-state index in [-0.39, 0.29) is 0 Å². The number of piperidine rings is 1. The van der Waals surface area contributed by atoms with Gasteiger partial charge in [-0.15, -0.1) is 0 Å². The molecule has 90 valence electrons. The van der Waals surface area contributed by atoms with Crippen LogP contribution in [0.4, 0.5) is 0 Å². The highest BCUT2D eigenvalue weighted by Crippen LogP contribution is 2.24. The first-order chi connectivity index (χ1) is 7.69. The number of nitrogens with zero attached hydrogens (tertiary/aromatic N) is 1. The summed E-state index contributed by atoms with van der Waals surface area (Å²) in [7, 11) is 0. The van der Waals surface area contributed by atoms with Gasteiger partial charge in [0, 0.05) is 6.04 Å². The summed E-state index contributed by atoms with van der Waals surface area (Å²) in [4.78, 5) is 2.50. The highest BCUT2D eigenvalue weighted by Gasteiger charge is 2.23. The molecule has 2 N–H and O–H groups in total. The maximum Gasteiger partial charge on any atom is 0.118 e. The lowest BCUT2D eigenvalue weighted by Gasteiger charge is -2.35.